The maximum Gasteiger partial charge on any atom is 0.336 e. The number of nitrogens with one attached hydrogen (secondary N) is 1. The van der Waals surface area contributed by atoms with Gasteiger partial charge in [0.25, 0.3) is 5.91 Å². The van der Waals surface area contributed by atoms with Crippen LogP contribution < -0.4 is 20.4 Å². The van der Waals surface area contributed by atoms with Gasteiger partial charge in [-0.25, -0.2) is 4.79 Å². The lowest BCUT2D eigenvalue weighted by Gasteiger charge is -2.16. The Hall–Kier alpha value is -2.99. The molecule has 26 heavy (non-hydrogen) atoms. The molecule has 3 aromatic rings. The predicted molar refractivity (Wildman–Crippen MR) is 99.2 cm³/mol. The zero-order valence-electron chi connectivity index (χ0n) is 14.1. The minimum Gasteiger partial charge on any atom is -0.495 e. The van der Waals surface area contributed by atoms with Gasteiger partial charge in [0, 0.05) is 22.5 Å². The second-order valence-corrected chi connectivity index (χ2v) is 5.98. The molecule has 0 fully saturated rings. The third-order valence-corrected chi connectivity index (χ3v) is 3.93. The second-order valence-electron chi connectivity index (χ2n) is 5.55. The molecule has 7 heteroatoms. The number of halogens is 1. The van der Waals surface area contributed by atoms with Crippen molar-refractivity contribution in [1.29, 1.82) is 0 Å². The summed E-state index contributed by atoms with van der Waals surface area (Å²) >= 11 is 5.96. The van der Waals surface area contributed by atoms with Crippen molar-refractivity contribution in [3.8, 4) is 11.5 Å². The second kappa shape index (κ2) is 7.49. The third kappa shape index (κ3) is 3.97. The number of rotatable bonds is 5. The third-order valence-electron chi connectivity index (χ3n) is 3.70. The molecule has 1 N–H and O–H groups in total. The summed E-state index contributed by atoms with van der Waals surface area (Å²) in [5, 5.41) is 3.96. The fraction of sp³-hybridized carbons (Fsp3) is 0.158. The molecule has 1 atom stereocenters. The fourth-order valence-corrected chi connectivity index (χ4v) is 2.56. The van der Waals surface area contributed by atoms with Gasteiger partial charge >= 0.3 is 5.63 Å². The van der Waals surface area contributed by atoms with Gasteiger partial charge in [0.2, 0.25) is 0 Å². The summed E-state index contributed by atoms with van der Waals surface area (Å²) in [7, 11) is 1.50. The molecule has 0 saturated carbocycles. The quantitative estimate of drug-likeness (QED) is 0.687. The van der Waals surface area contributed by atoms with Gasteiger partial charge in [0.05, 0.1) is 12.8 Å². The fourth-order valence-electron chi connectivity index (χ4n) is 2.38. The lowest BCUT2D eigenvalue weighted by atomic mass is 10.2. The van der Waals surface area contributed by atoms with E-state index in [1.54, 1.807) is 49.4 Å². The van der Waals surface area contributed by atoms with Crippen LogP contribution in [0, 0.1) is 0 Å². The molecule has 0 bridgehead atoms. The SMILES string of the molecule is COc1ccc(Cl)cc1NC(=O)C(C)Oc1ccc2ccc(=O)oc2c1. The van der Waals surface area contributed by atoms with Crippen LogP contribution in [0.2, 0.25) is 5.02 Å². The average Bonchev–Trinajstić information content (AvgIpc) is 2.61. The number of ether oxygens (including phenoxy) is 2. The standard InChI is InChI=1S/C19H16ClNO5/c1-11(19(23)21-15-9-13(20)5-7-16(15)24-2)25-14-6-3-12-4-8-18(22)26-17(12)10-14/h3-11H,1-2H3,(H,21,23). The summed E-state index contributed by atoms with van der Waals surface area (Å²) < 4.78 is 16.0. The van der Waals surface area contributed by atoms with E-state index in [0.717, 1.165) is 5.39 Å². The summed E-state index contributed by atoms with van der Waals surface area (Å²) in [6.07, 6.45) is -0.799. The lowest BCUT2D eigenvalue weighted by molar-refractivity contribution is -0.122. The number of hydrogen-bond donors (Lipinski definition) is 1. The van der Waals surface area contributed by atoms with Crippen LogP contribution in [0.4, 0.5) is 5.69 Å². The summed E-state index contributed by atoms with van der Waals surface area (Å²) in [6.45, 7) is 1.61. The Labute approximate surface area is 154 Å². The topological polar surface area (TPSA) is 77.8 Å². The van der Waals surface area contributed by atoms with E-state index in [2.05, 4.69) is 5.32 Å². The highest BCUT2D eigenvalue weighted by Crippen LogP contribution is 2.28. The lowest BCUT2D eigenvalue weighted by Crippen LogP contribution is -2.30. The molecular formula is C19H16ClNO5. The normalized spacial score (nSPS) is 11.8. The van der Waals surface area contributed by atoms with Crippen molar-refractivity contribution in [2.75, 3.05) is 12.4 Å². The molecule has 134 valence electrons. The molecule has 3 rings (SSSR count). The van der Waals surface area contributed by atoms with Crippen LogP contribution in [0.1, 0.15) is 6.92 Å². The first-order chi connectivity index (χ1) is 12.5. The summed E-state index contributed by atoms with van der Waals surface area (Å²) in [5.74, 6) is 0.523. The van der Waals surface area contributed by atoms with Gasteiger partial charge in [-0.1, -0.05) is 11.6 Å². The van der Waals surface area contributed by atoms with E-state index in [4.69, 9.17) is 25.5 Å². The average molecular weight is 374 g/mol. The van der Waals surface area contributed by atoms with Gasteiger partial charge in [-0.3, -0.25) is 4.79 Å². The van der Waals surface area contributed by atoms with Crippen molar-refractivity contribution in [1.82, 2.24) is 0 Å². The highest BCUT2D eigenvalue weighted by molar-refractivity contribution is 6.31. The number of methoxy groups -OCH3 is 1. The van der Waals surface area contributed by atoms with E-state index in [0.29, 0.717) is 27.8 Å². The summed E-state index contributed by atoms with van der Waals surface area (Å²) in [4.78, 5) is 23.7. The van der Waals surface area contributed by atoms with Crippen molar-refractivity contribution in [2.45, 2.75) is 13.0 Å². The van der Waals surface area contributed by atoms with Crippen LogP contribution in [0.25, 0.3) is 11.0 Å². The van der Waals surface area contributed by atoms with Crippen LogP contribution in [0.3, 0.4) is 0 Å². The Morgan fingerprint density at radius 1 is 1.15 bits per heavy atom. The van der Waals surface area contributed by atoms with Crippen LogP contribution in [0.5, 0.6) is 11.5 Å². The molecule has 0 aliphatic rings. The minimum atomic E-state index is -0.799. The van der Waals surface area contributed by atoms with Gasteiger partial charge in [-0.15, -0.1) is 0 Å². The number of hydrogen-bond acceptors (Lipinski definition) is 5. The molecule has 1 unspecified atom stereocenters. The Balaban J connectivity index is 1.75. The van der Waals surface area contributed by atoms with Crippen LogP contribution in [-0.4, -0.2) is 19.1 Å². The maximum atomic E-state index is 12.4. The number of carbonyl (C=O) groups is 1. The molecule has 0 aliphatic carbocycles. The number of carbonyl (C=O) groups excluding carboxylic acids is 1. The van der Waals surface area contributed by atoms with Crippen LogP contribution >= 0.6 is 11.6 Å². The largest absolute Gasteiger partial charge is 0.495 e. The first-order valence-corrected chi connectivity index (χ1v) is 8.19. The van der Waals surface area contributed by atoms with E-state index in [1.165, 1.54) is 13.2 Å². The smallest absolute Gasteiger partial charge is 0.336 e. The van der Waals surface area contributed by atoms with E-state index >= 15 is 0 Å². The highest BCUT2D eigenvalue weighted by atomic mass is 35.5. The molecule has 1 heterocycles. The molecular weight excluding hydrogens is 358 g/mol. The Morgan fingerprint density at radius 2 is 1.92 bits per heavy atom. The molecule has 0 spiro atoms. The molecule has 6 nitrogen and oxygen atoms in total. The highest BCUT2D eigenvalue weighted by Gasteiger charge is 2.17. The number of amides is 1. The van der Waals surface area contributed by atoms with Gasteiger partial charge in [0.1, 0.15) is 17.1 Å². The first kappa shape index (κ1) is 17.8. The van der Waals surface area contributed by atoms with Crippen molar-refractivity contribution in [3.63, 3.8) is 0 Å². The van der Waals surface area contributed by atoms with Gasteiger partial charge in [-0.2, -0.15) is 0 Å². The molecule has 0 saturated heterocycles. The van der Waals surface area contributed by atoms with Crippen molar-refractivity contribution in [3.05, 3.63) is 64.0 Å². The molecule has 1 amide bonds. The maximum absolute atomic E-state index is 12.4. The Kier molecular flexibility index (Phi) is 5.14. The first-order valence-electron chi connectivity index (χ1n) is 7.81. The monoisotopic (exact) mass is 373 g/mol. The van der Waals surface area contributed by atoms with Crippen molar-refractivity contribution in [2.24, 2.45) is 0 Å². The van der Waals surface area contributed by atoms with Crippen LogP contribution in [0.15, 0.2) is 57.7 Å². The van der Waals surface area contributed by atoms with Crippen molar-refractivity contribution >= 4 is 34.2 Å². The summed E-state index contributed by atoms with van der Waals surface area (Å²) in [6, 6.07) is 12.9. The van der Waals surface area contributed by atoms with Crippen LogP contribution in [-0.2, 0) is 4.79 Å². The Bertz CT molecular complexity index is 1010. The van der Waals surface area contributed by atoms with Gasteiger partial charge in [-0.05, 0) is 43.3 Å². The van der Waals surface area contributed by atoms with E-state index in [9.17, 15) is 9.59 Å². The molecule has 0 radical (unpaired) electrons. The minimum absolute atomic E-state index is 0.375. The van der Waals surface area contributed by atoms with E-state index in [-0.39, 0.29) is 5.91 Å². The number of anilines is 1. The van der Waals surface area contributed by atoms with E-state index < -0.39 is 11.7 Å². The Morgan fingerprint density at radius 3 is 2.69 bits per heavy atom. The zero-order chi connectivity index (χ0) is 18.7. The van der Waals surface area contributed by atoms with Crippen molar-refractivity contribution < 1.29 is 18.7 Å². The van der Waals surface area contributed by atoms with E-state index in [1.807, 2.05) is 0 Å². The number of benzene rings is 2. The van der Waals surface area contributed by atoms with Gasteiger partial charge < -0.3 is 19.2 Å². The predicted octanol–water partition coefficient (Wildman–Crippen LogP) is 3.86. The molecule has 2 aromatic carbocycles. The molecule has 1 aromatic heterocycles. The number of fused-ring (bicyclic) bond motifs is 1. The molecule has 0 aliphatic heterocycles. The zero-order valence-corrected chi connectivity index (χ0v) is 14.9. The summed E-state index contributed by atoms with van der Waals surface area (Å²) in [5.41, 5.74) is 0.387. The van der Waals surface area contributed by atoms with Gasteiger partial charge in [0.15, 0.2) is 6.10 Å².